The molecule has 5 rings (SSSR count). The molecule has 0 bridgehead atoms. The molecule has 1 heterocycles. The van der Waals surface area contributed by atoms with Crippen LogP contribution in [0.15, 0.2) is 85.5 Å². The fraction of sp³-hybridized carbons (Fsp3) is 0.447. The van der Waals surface area contributed by atoms with E-state index in [0.29, 0.717) is 61.8 Å². The van der Waals surface area contributed by atoms with E-state index in [4.69, 9.17) is 32.7 Å². The number of likely N-dealkylation sites (N-methyl/N-ethyl adjacent to an activating group) is 1. The molecule has 3 aromatic carbocycles. The van der Waals surface area contributed by atoms with E-state index < -0.39 is 15.4 Å². The SMILES string of the molecule is C=CC[C@]1(CCOCc2ccc(OC)cc2)C[C@H](c2cccc(Cl)c2)[C@@H](c2ccc(Cl)cc2)N(C(CC)CN(C)S(=O)(=O)C2CC2)C1=O. The van der Waals surface area contributed by atoms with Gasteiger partial charge in [-0.15, -0.1) is 6.58 Å². The van der Waals surface area contributed by atoms with Crippen molar-refractivity contribution in [1.82, 2.24) is 9.21 Å². The van der Waals surface area contributed by atoms with Crippen LogP contribution in [0.3, 0.4) is 0 Å². The summed E-state index contributed by atoms with van der Waals surface area (Å²) < 4.78 is 39.6. The lowest BCUT2D eigenvalue weighted by atomic mass is 9.64. The number of piperidine rings is 1. The average molecular weight is 714 g/mol. The van der Waals surface area contributed by atoms with Crippen LogP contribution in [0, 0.1) is 5.41 Å². The fourth-order valence-corrected chi connectivity index (χ4v) is 9.01. The van der Waals surface area contributed by atoms with E-state index in [1.165, 1.54) is 4.31 Å². The molecule has 1 saturated carbocycles. The number of rotatable bonds is 16. The van der Waals surface area contributed by atoms with E-state index in [1.807, 2.05) is 84.6 Å². The summed E-state index contributed by atoms with van der Waals surface area (Å²) in [5.41, 5.74) is 2.13. The van der Waals surface area contributed by atoms with Gasteiger partial charge in [0, 0.05) is 42.2 Å². The van der Waals surface area contributed by atoms with Gasteiger partial charge in [-0.2, -0.15) is 0 Å². The van der Waals surface area contributed by atoms with Gasteiger partial charge in [-0.05, 0) is 91.6 Å². The van der Waals surface area contributed by atoms with Gasteiger partial charge in [-0.3, -0.25) is 4.79 Å². The van der Waals surface area contributed by atoms with Gasteiger partial charge in [0.1, 0.15) is 5.75 Å². The zero-order valence-corrected chi connectivity index (χ0v) is 30.3. The number of likely N-dealkylation sites (tertiary alicyclic amines) is 1. The van der Waals surface area contributed by atoms with Crippen molar-refractivity contribution in [1.29, 1.82) is 0 Å². The molecule has 1 aliphatic heterocycles. The molecule has 1 aliphatic carbocycles. The Morgan fingerprint density at radius 2 is 1.75 bits per heavy atom. The predicted molar refractivity (Wildman–Crippen MR) is 193 cm³/mol. The van der Waals surface area contributed by atoms with E-state index in [0.717, 1.165) is 22.4 Å². The normalized spacial score (nSPS) is 22.1. The first-order valence-corrected chi connectivity index (χ1v) is 18.9. The number of allylic oxidation sites excluding steroid dienone is 1. The Morgan fingerprint density at radius 3 is 2.35 bits per heavy atom. The Labute approximate surface area is 295 Å². The molecule has 258 valence electrons. The molecule has 4 atom stereocenters. The maximum absolute atomic E-state index is 15.2. The van der Waals surface area contributed by atoms with Gasteiger partial charge < -0.3 is 14.4 Å². The number of carbonyl (C=O) groups excluding carboxylic acids is 1. The molecule has 2 aliphatic rings. The van der Waals surface area contributed by atoms with Crippen LogP contribution in [0.5, 0.6) is 5.75 Å². The van der Waals surface area contributed by atoms with Crippen molar-refractivity contribution in [3.05, 3.63) is 112 Å². The van der Waals surface area contributed by atoms with Crippen molar-refractivity contribution in [3.63, 3.8) is 0 Å². The summed E-state index contributed by atoms with van der Waals surface area (Å²) in [6.07, 6.45) is 5.21. The smallest absolute Gasteiger partial charge is 0.230 e. The molecule has 1 unspecified atom stereocenters. The molecule has 2 fully saturated rings. The predicted octanol–water partition coefficient (Wildman–Crippen LogP) is 8.43. The Kier molecular flexibility index (Phi) is 12.0. The summed E-state index contributed by atoms with van der Waals surface area (Å²) in [7, 11) is -0.182. The zero-order valence-electron chi connectivity index (χ0n) is 28.0. The molecular weight excluding hydrogens is 667 g/mol. The van der Waals surface area contributed by atoms with Gasteiger partial charge in [0.05, 0.1) is 30.4 Å². The monoisotopic (exact) mass is 712 g/mol. The number of amides is 1. The summed E-state index contributed by atoms with van der Waals surface area (Å²) in [6, 6.07) is 22.4. The average Bonchev–Trinajstić information content (AvgIpc) is 3.94. The number of ether oxygens (including phenoxy) is 2. The largest absolute Gasteiger partial charge is 0.497 e. The van der Waals surface area contributed by atoms with Gasteiger partial charge in [-0.25, -0.2) is 12.7 Å². The molecule has 10 heteroatoms. The minimum absolute atomic E-state index is 0.0160. The van der Waals surface area contributed by atoms with Gasteiger partial charge in [0.15, 0.2) is 0 Å². The molecule has 7 nitrogen and oxygen atoms in total. The maximum Gasteiger partial charge on any atom is 0.230 e. The van der Waals surface area contributed by atoms with Gasteiger partial charge in [0.2, 0.25) is 15.9 Å². The summed E-state index contributed by atoms with van der Waals surface area (Å²) in [4.78, 5) is 17.2. The number of hydrogen-bond acceptors (Lipinski definition) is 5. The van der Waals surface area contributed by atoms with Crippen LogP contribution in [0.1, 0.15) is 74.1 Å². The van der Waals surface area contributed by atoms with Crippen LogP contribution in [0.2, 0.25) is 10.0 Å². The first-order valence-electron chi connectivity index (χ1n) is 16.6. The third-order valence-corrected chi connectivity index (χ3v) is 12.7. The van der Waals surface area contributed by atoms with Crippen LogP contribution < -0.4 is 4.74 Å². The summed E-state index contributed by atoms with van der Waals surface area (Å²) in [5.74, 6) is 0.612. The van der Waals surface area contributed by atoms with E-state index in [1.54, 1.807) is 14.2 Å². The van der Waals surface area contributed by atoms with E-state index in [2.05, 4.69) is 12.6 Å². The lowest BCUT2D eigenvalue weighted by Crippen LogP contribution is -2.58. The molecule has 1 amide bonds. The van der Waals surface area contributed by atoms with Crippen LogP contribution in [-0.2, 0) is 26.2 Å². The Balaban J connectivity index is 1.55. The van der Waals surface area contributed by atoms with E-state index >= 15 is 4.79 Å². The minimum Gasteiger partial charge on any atom is -0.497 e. The van der Waals surface area contributed by atoms with Crippen molar-refractivity contribution < 1.29 is 22.7 Å². The number of halogens is 2. The number of sulfonamides is 1. The minimum atomic E-state index is -3.46. The highest BCUT2D eigenvalue weighted by Gasteiger charge is 2.53. The Hall–Kier alpha value is -2.88. The molecule has 0 spiro atoms. The Morgan fingerprint density at radius 1 is 1.04 bits per heavy atom. The number of methoxy groups -OCH3 is 1. The molecule has 3 aromatic rings. The Bertz CT molecular complexity index is 1660. The number of benzene rings is 3. The molecule has 0 radical (unpaired) electrons. The van der Waals surface area contributed by atoms with Crippen molar-refractivity contribution in [2.75, 3.05) is 27.3 Å². The topological polar surface area (TPSA) is 76.2 Å². The van der Waals surface area contributed by atoms with Crippen LogP contribution >= 0.6 is 23.2 Å². The zero-order chi connectivity index (χ0) is 34.5. The van der Waals surface area contributed by atoms with Crippen molar-refractivity contribution in [3.8, 4) is 5.75 Å². The lowest BCUT2D eigenvalue weighted by molar-refractivity contribution is -0.158. The standard InChI is InChI=1S/C38H46Cl2N2O5S/c1-5-20-38(21-22-47-26-27-10-16-33(46-4)17-11-27)24-35(29-8-7-9-31(40)23-29)36(28-12-14-30(39)15-13-28)42(37(38)43)32(6-2)25-41(3)48(44,45)34-18-19-34/h5,7-17,23,32,34-36H,1,6,18-22,24-26H2,2-4H3/t32?,35-,36-,38+/m1/s1. The first kappa shape index (κ1) is 36.4. The van der Waals surface area contributed by atoms with Crippen LogP contribution in [-0.4, -0.2) is 62.1 Å². The van der Waals surface area contributed by atoms with Gasteiger partial charge >= 0.3 is 0 Å². The summed E-state index contributed by atoms with van der Waals surface area (Å²) >= 11 is 12.9. The molecule has 48 heavy (non-hydrogen) atoms. The third-order valence-electron chi connectivity index (χ3n) is 9.87. The maximum atomic E-state index is 15.2. The molecular formula is C38H46Cl2N2O5S. The summed E-state index contributed by atoms with van der Waals surface area (Å²) in [5, 5.41) is 0.875. The highest BCUT2D eigenvalue weighted by atomic mass is 35.5. The van der Waals surface area contributed by atoms with E-state index in [9.17, 15) is 8.42 Å². The second-order valence-corrected chi connectivity index (χ2v) is 16.3. The lowest BCUT2D eigenvalue weighted by Gasteiger charge is -2.53. The van der Waals surface area contributed by atoms with Crippen LogP contribution in [0.25, 0.3) is 0 Å². The number of carbonyl (C=O) groups is 1. The van der Waals surface area contributed by atoms with Gasteiger partial charge in [-0.1, -0.05) is 72.6 Å². The second-order valence-electron chi connectivity index (χ2n) is 13.1. The molecule has 0 N–H and O–H groups in total. The van der Waals surface area contributed by atoms with Crippen molar-refractivity contribution in [2.45, 2.75) is 75.3 Å². The van der Waals surface area contributed by atoms with Crippen molar-refractivity contribution in [2.24, 2.45) is 5.41 Å². The first-order chi connectivity index (χ1) is 23.0. The molecule has 0 aromatic heterocycles. The molecule has 1 saturated heterocycles. The third kappa shape index (κ3) is 8.11. The van der Waals surface area contributed by atoms with Crippen LogP contribution in [0.4, 0.5) is 0 Å². The highest BCUT2D eigenvalue weighted by Crippen LogP contribution is 2.54. The number of nitrogens with zero attached hydrogens (tertiary/aromatic N) is 2. The summed E-state index contributed by atoms with van der Waals surface area (Å²) in [6.45, 7) is 7.06. The number of hydrogen-bond donors (Lipinski definition) is 0. The van der Waals surface area contributed by atoms with Crippen molar-refractivity contribution >= 4 is 39.1 Å². The highest BCUT2D eigenvalue weighted by molar-refractivity contribution is 7.90. The fourth-order valence-electron chi connectivity index (χ4n) is 7.07. The van der Waals surface area contributed by atoms with Gasteiger partial charge in [0.25, 0.3) is 0 Å². The van der Waals surface area contributed by atoms with E-state index in [-0.39, 0.29) is 35.7 Å². The quantitative estimate of drug-likeness (QED) is 0.110. The second kappa shape index (κ2) is 15.8.